The van der Waals surface area contributed by atoms with Gasteiger partial charge in [0.2, 0.25) is 11.8 Å². The van der Waals surface area contributed by atoms with E-state index in [1.807, 2.05) is 13.2 Å². The Labute approximate surface area is 249 Å². The summed E-state index contributed by atoms with van der Waals surface area (Å²) in [4.78, 5) is 28.7. The highest BCUT2D eigenvalue weighted by Crippen LogP contribution is 2.28. The number of hydrogen-bond acceptors (Lipinski definition) is 6. The van der Waals surface area contributed by atoms with Gasteiger partial charge in [-0.15, -0.1) is 11.8 Å². The summed E-state index contributed by atoms with van der Waals surface area (Å²) in [5.41, 5.74) is 0.898. The van der Waals surface area contributed by atoms with Crippen molar-refractivity contribution >= 4 is 62.5 Å². The minimum absolute atomic E-state index is 0.00386. The molecule has 0 saturated carbocycles. The number of ether oxygens (including phenoxy) is 1. The molecule has 0 aromatic heterocycles. The van der Waals surface area contributed by atoms with Crippen molar-refractivity contribution in [1.29, 1.82) is 0 Å². The van der Waals surface area contributed by atoms with Crippen molar-refractivity contribution < 1.29 is 22.7 Å². The summed E-state index contributed by atoms with van der Waals surface area (Å²) in [6, 6.07) is 16.9. The number of carbonyl (C=O) groups excluding carboxylic acids is 2. The fraction of sp³-hybridized carbons (Fsp3) is 0.286. The third-order valence-electron chi connectivity index (χ3n) is 6.11. The van der Waals surface area contributed by atoms with Crippen molar-refractivity contribution in [2.75, 3.05) is 30.8 Å². The van der Waals surface area contributed by atoms with Crippen molar-refractivity contribution in [1.82, 2.24) is 10.2 Å². The van der Waals surface area contributed by atoms with Gasteiger partial charge in [-0.25, -0.2) is 8.42 Å². The lowest BCUT2D eigenvalue weighted by Crippen LogP contribution is -2.50. The zero-order valence-corrected chi connectivity index (χ0v) is 25.7. The summed E-state index contributed by atoms with van der Waals surface area (Å²) in [6.07, 6.45) is 1.89. The highest BCUT2D eigenvalue weighted by atomic mass is 35.5. The van der Waals surface area contributed by atoms with Crippen LogP contribution >= 0.6 is 35.0 Å². The molecule has 0 radical (unpaired) electrons. The van der Waals surface area contributed by atoms with E-state index in [1.165, 1.54) is 35.8 Å². The third kappa shape index (κ3) is 7.63. The maximum atomic E-state index is 13.9. The van der Waals surface area contributed by atoms with Gasteiger partial charge in [0.05, 0.1) is 27.2 Å². The average molecular weight is 625 g/mol. The van der Waals surface area contributed by atoms with Crippen LogP contribution in [0.1, 0.15) is 19.4 Å². The Kier molecular flexibility index (Phi) is 11.2. The van der Waals surface area contributed by atoms with Crippen LogP contribution in [0.25, 0.3) is 0 Å². The Morgan fingerprint density at radius 2 is 1.65 bits per heavy atom. The lowest BCUT2D eigenvalue weighted by atomic mass is 10.1. The number of sulfonamides is 1. The van der Waals surface area contributed by atoms with Crippen LogP contribution in [0.5, 0.6) is 5.75 Å². The Balaban J connectivity index is 2.04. The van der Waals surface area contributed by atoms with Gasteiger partial charge in [-0.3, -0.25) is 13.9 Å². The van der Waals surface area contributed by atoms with E-state index >= 15 is 0 Å². The first kappa shape index (κ1) is 31.6. The van der Waals surface area contributed by atoms with E-state index in [2.05, 4.69) is 5.32 Å². The molecule has 0 fully saturated rings. The standard InChI is InChI=1S/C28H31Cl2N3O5S2/c1-5-38-22-9-7-21(8-10-22)33(40(36,37)24-13-11-23(39-4)12-14-24)18-27(34)32(19(2)28(35)31-3)17-20-6-15-25(29)26(30)16-20/h6-16,19H,5,17-18H2,1-4H3,(H,31,35)/t19-/m1/s1. The first-order valence-corrected chi connectivity index (χ1v) is 15.8. The lowest BCUT2D eigenvalue weighted by Gasteiger charge is -2.32. The molecule has 0 unspecified atom stereocenters. The second-order valence-electron chi connectivity index (χ2n) is 8.67. The third-order valence-corrected chi connectivity index (χ3v) is 9.38. The number of carbonyl (C=O) groups is 2. The van der Waals surface area contributed by atoms with Crippen molar-refractivity contribution in [2.24, 2.45) is 0 Å². The fourth-order valence-corrected chi connectivity index (χ4v) is 6.05. The topological polar surface area (TPSA) is 96.0 Å². The summed E-state index contributed by atoms with van der Waals surface area (Å²) >= 11 is 13.7. The summed E-state index contributed by atoms with van der Waals surface area (Å²) in [5, 5.41) is 3.20. The smallest absolute Gasteiger partial charge is 0.264 e. The van der Waals surface area contributed by atoms with Gasteiger partial charge in [0.25, 0.3) is 10.0 Å². The van der Waals surface area contributed by atoms with E-state index in [0.29, 0.717) is 28.0 Å². The van der Waals surface area contributed by atoms with Gasteiger partial charge < -0.3 is 15.0 Å². The number of benzene rings is 3. The highest BCUT2D eigenvalue weighted by molar-refractivity contribution is 7.98. The van der Waals surface area contributed by atoms with Gasteiger partial charge in [0.1, 0.15) is 18.3 Å². The highest BCUT2D eigenvalue weighted by Gasteiger charge is 2.32. The van der Waals surface area contributed by atoms with Crippen LogP contribution in [0.15, 0.2) is 76.5 Å². The summed E-state index contributed by atoms with van der Waals surface area (Å²) < 4.78 is 34.4. The second-order valence-corrected chi connectivity index (χ2v) is 12.2. The lowest BCUT2D eigenvalue weighted by molar-refractivity contribution is -0.139. The quantitative estimate of drug-likeness (QED) is 0.269. The molecular formula is C28H31Cl2N3O5S2. The largest absolute Gasteiger partial charge is 0.494 e. The van der Waals surface area contributed by atoms with Crippen LogP contribution in [0, 0.1) is 0 Å². The van der Waals surface area contributed by atoms with Gasteiger partial charge in [0, 0.05) is 18.5 Å². The number of thioether (sulfide) groups is 1. The molecule has 8 nitrogen and oxygen atoms in total. The maximum absolute atomic E-state index is 13.9. The van der Waals surface area contributed by atoms with E-state index in [4.69, 9.17) is 27.9 Å². The van der Waals surface area contributed by atoms with Gasteiger partial charge in [-0.05, 0) is 86.3 Å². The number of likely N-dealkylation sites (N-methyl/N-ethyl adjacent to an activating group) is 1. The van der Waals surface area contributed by atoms with Crippen LogP contribution in [-0.4, -0.2) is 57.6 Å². The minimum Gasteiger partial charge on any atom is -0.494 e. The summed E-state index contributed by atoms with van der Waals surface area (Å²) in [7, 11) is -2.71. The van der Waals surface area contributed by atoms with Crippen LogP contribution in [0.4, 0.5) is 5.69 Å². The molecule has 0 aliphatic carbocycles. The molecule has 0 aliphatic rings. The van der Waals surface area contributed by atoms with Crippen molar-refractivity contribution in [3.63, 3.8) is 0 Å². The number of nitrogens with zero attached hydrogens (tertiary/aromatic N) is 2. The predicted octanol–water partition coefficient (Wildman–Crippen LogP) is 5.47. The molecule has 3 aromatic carbocycles. The molecule has 40 heavy (non-hydrogen) atoms. The molecule has 12 heteroatoms. The number of hydrogen-bond donors (Lipinski definition) is 1. The molecule has 0 saturated heterocycles. The summed E-state index contributed by atoms with van der Waals surface area (Å²) in [6.45, 7) is 3.32. The van der Waals surface area contributed by atoms with E-state index in [1.54, 1.807) is 61.5 Å². The van der Waals surface area contributed by atoms with Crippen molar-refractivity contribution in [3.05, 3.63) is 82.3 Å². The van der Waals surface area contributed by atoms with Crippen LogP contribution < -0.4 is 14.4 Å². The molecule has 0 heterocycles. The van der Waals surface area contributed by atoms with E-state index in [-0.39, 0.29) is 17.1 Å². The fourth-order valence-electron chi connectivity index (χ4n) is 3.91. The first-order valence-electron chi connectivity index (χ1n) is 12.4. The van der Waals surface area contributed by atoms with E-state index in [9.17, 15) is 18.0 Å². The molecule has 1 atom stereocenters. The van der Waals surface area contributed by atoms with Crippen LogP contribution in [-0.2, 0) is 26.2 Å². The Morgan fingerprint density at radius 3 is 2.20 bits per heavy atom. The van der Waals surface area contributed by atoms with Gasteiger partial charge in [-0.2, -0.15) is 0 Å². The van der Waals surface area contributed by atoms with E-state index < -0.39 is 34.4 Å². The number of halogens is 2. The number of amides is 2. The Bertz CT molecular complexity index is 1440. The zero-order chi connectivity index (χ0) is 29.4. The number of anilines is 1. The average Bonchev–Trinajstić information content (AvgIpc) is 2.96. The van der Waals surface area contributed by atoms with Crippen LogP contribution in [0.3, 0.4) is 0 Å². The summed E-state index contributed by atoms with van der Waals surface area (Å²) in [5.74, 6) is -0.425. The molecule has 3 rings (SSSR count). The molecule has 0 spiro atoms. The molecule has 2 amide bonds. The Morgan fingerprint density at radius 1 is 1.00 bits per heavy atom. The number of rotatable bonds is 12. The van der Waals surface area contributed by atoms with Crippen molar-refractivity contribution in [2.45, 2.75) is 36.2 Å². The van der Waals surface area contributed by atoms with Gasteiger partial charge in [-0.1, -0.05) is 29.3 Å². The van der Waals surface area contributed by atoms with Gasteiger partial charge in [0.15, 0.2) is 0 Å². The molecule has 3 aromatic rings. The maximum Gasteiger partial charge on any atom is 0.264 e. The molecular weight excluding hydrogens is 593 g/mol. The number of nitrogens with one attached hydrogen (secondary N) is 1. The van der Waals surface area contributed by atoms with E-state index in [0.717, 1.165) is 9.20 Å². The van der Waals surface area contributed by atoms with Gasteiger partial charge >= 0.3 is 0 Å². The monoisotopic (exact) mass is 623 g/mol. The SMILES string of the molecule is CCOc1ccc(N(CC(=O)N(Cc2ccc(Cl)c(Cl)c2)[C@H](C)C(=O)NC)S(=O)(=O)c2ccc(SC)cc2)cc1. The minimum atomic E-state index is -4.17. The van der Waals surface area contributed by atoms with Crippen LogP contribution in [0.2, 0.25) is 10.0 Å². The normalized spacial score (nSPS) is 11.9. The molecule has 214 valence electrons. The molecule has 1 N–H and O–H groups in total. The predicted molar refractivity (Wildman–Crippen MR) is 161 cm³/mol. The Hall–Kier alpha value is -2.92. The van der Waals surface area contributed by atoms with Crippen molar-refractivity contribution in [3.8, 4) is 5.75 Å². The molecule has 0 bridgehead atoms. The zero-order valence-electron chi connectivity index (χ0n) is 22.6. The first-order chi connectivity index (χ1) is 19.0. The molecule has 0 aliphatic heterocycles. The second kappa shape index (κ2) is 14.1.